The van der Waals surface area contributed by atoms with E-state index in [0.717, 1.165) is 59.7 Å². The molecule has 3 nitrogen and oxygen atoms in total. The number of para-hydroxylation sites is 2. The monoisotopic (exact) mass is 864 g/mol. The van der Waals surface area contributed by atoms with Crippen LogP contribution >= 0.6 is 0 Å². The Labute approximate surface area is 391 Å². The molecule has 11 aromatic rings. The number of furan rings is 1. The van der Waals surface area contributed by atoms with Gasteiger partial charge in [-0.05, 0) is 129 Å². The highest BCUT2D eigenvalue weighted by Gasteiger charge is 2.35. The first-order chi connectivity index (χ1) is 33.1. The predicted molar refractivity (Wildman–Crippen MR) is 283 cm³/mol. The highest BCUT2D eigenvalue weighted by Crippen LogP contribution is 2.47. The third-order valence-electron chi connectivity index (χ3n) is 15.4. The summed E-state index contributed by atoms with van der Waals surface area (Å²) in [5.74, 6) is 0.769. The van der Waals surface area contributed by atoms with E-state index in [2.05, 4.69) is 213 Å². The van der Waals surface area contributed by atoms with E-state index in [9.17, 15) is 0 Å². The van der Waals surface area contributed by atoms with Crippen LogP contribution in [-0.4, -0.2) is 10.3 Å². The van der Waals surface area contributed by atoms with Crippen LogP contribution in [0.1, 0.15) is 79.3 Å². The molecule has 3 heteroatoms. The summed E-state index contributed by atoms with van der Waals surface area (Å²) in [5, 5.41) is 9.94. The van der Waals surface area contributed by atoms with Crippen LogP contribution in [0.2, 0.25) is 0 Å². The molecule has 4 atom stereocenters. The lowest BCUT2D eigenvalue weighted by molar-refractivity contribution is 0.362. The van der Waals surface area contributed by atoms with Gasteiger partial charge in [0.1, 0.15) is 5.58 Å². The molecule has 1 aliphatic heterocycles. The zero-order valence-corrected chi connectivity index (χ0v) is 38.1. The molecule has 0 radical (unpaired) electrons. The van der Waals surface area contributed by atoms with E-state index in [4.69, 9.17) is 9.41 Å². The smallest absolute Gasteiger partial charge is 0.160 e. The highest BCUT2D eigenvalue weighted by atomic mass is 16.3. The van der Waals surface area contributed by atoms with Gasteiger partial charge in [0.15, 0.2) is 5.58 Å². The number of fused-ring (bicyclic) bond motifs is 10. The van der Waals surface area contributed by atoms with Crippen LogP contribution in [0, 0.1) is 11.8 Å². The van der Waals surface area contributed by atoms with Crippen LogP contribution in [0.3, 0.4) is 0 Å². The van der Waals surface area contributed by atoms with Gasteiger partial charge in [0, 0.05) is 38.7 Å². The second-order valence-electron chi connectivity index (χ2n) is 19.2. The Kier molecular flexibility index (Phi) is 9.60. The van der Waals surface area contributed by atoms with Gasteiger partial charge < -0.3 is 8.98 Å². The van der Waals surface area contributed by atoms with Crippen molar-refractivity contribution < 1.29 is 4.42 Å². The summed E-state index contributed by atoms with van der Waals surface area (Å²) in [4.78, 5) is 6.13. The molecule has 3 heterocycles. The van der Waals surface area contributed by atoms with Gasteiger partial charge in [-0.3, -0.25) is 4.99 Å². The summed E-state index contributed by atoms with van der Waals surface area (Å²) in [6.45, 7) is 4.81. The Bertz CT molecular complexity index is 3770. The van der Waals surface area contributed by atoms with Crippen molar-refractivity contribution >= 4 is 77.1 Å². The maximum Gasteiger partial charge on any atom is 0.160 e. The van der Waals surface area contributed by atoms with Crippen molar-refractivity contribution in [2.24, 2.45) is 16.8 Å². The molecule has 13 rings (SSSR count). The van der Waals surface area contributed by atoms with Gasteiger partial charge in [-0.1, -0.05) is 178 Å². The number of hydrogen-bond donors (Lipinski definition) is 0. The standard InChI is InChI=1S/C64H52N2O/c1-3-49-51(48-32-34-52-47(37-48)31-28-43-17-9-10-20-50(43)52)33-25-40(2)62(44-29-26-42(27-30-44)41-15-5-4-6-16-41)65-63(49)55-35-36-58(64-61(55)54-22-12-14-24-60(54)67-64)66-57-23-13-11-21-53(57)56-38-45-18-7-8-19-46(45)39-59(56)66/h4-9,11-19,21-24,26-32,34-40,49,51,62H,3,10,20,25,33H2,1-2H3/b65-63+. The van der Waals surface area contributed by atoms with Crippen molar-refractivity contribution in [1.29, 1.82) is 0 Å². The van der Waals surface area contributed by atoms with Crippen LogP contribution in [0.25, 0.3) is 88.2 Å². The maximum atomic E-state index is 7.16. The molecule has 2 aromatic heterocycles. The van der Waals surface area contributed by atoms with E-state index in [1.165, 1.54) is 88.0 Å². The SMILES string of the molecule is CCC1/C(c2ccc(-n3c4ccccc4c4cc5ccccc5cc43)c3oc4ccccc4c23)=N\C(c2ccc(-c3ccccc3)cc2)C(C)CCC1c1ccc2c3c(ccc2c1)C=CCC3. The largest absolute Gasteiger partial charge is 0.454 e. The summed E-state index contributed by atoms with van der Waals surface area (Å²) in [7, 11) is 0. The third-order valence-corrected chi connectivity index (χ3v) is 15.4. The molecular formula is C64H52N2O. The molecule has 9 aromatic carbocycles. The maximum absolute atomic E-state index is 7.16. The van der Waals surface area contributed by atoms with E-state index < -0.39 is 0 Å². The van der Waals surface area contributed by atoms with Crippen LogP contribution < -0.4 is 0 Å². The number of rotatable bonds is 6. The predicted octanol–water partition coefficient (Wildman–Crippen LogP) is 17.4. The van der Waals surface area contributed by atoms with Gasteiger partial charge in [0.05, 0.1) is 22.8 Å². The topological polar surface area (TPSA) is 30.4 Å². The fourth-order valence-electron chi connectivity index (χ4n) is 12.1. The molecule has 2 aliphatic rings. The zero-order valence-electron chi connectivity index (χ0n) is 38.1. The summed E-state index contributed by atoms with van der Waals surface area (Å²) < 4.78 is 9.60. The number of aryl methyl sites for hydroxylation is 1. The van der Waals surface area contributed by atoms with Crippen molar-refractivity contribution in [1.82, 2.24) is 4.57 Å². The lowest BCUT2D eigenvalue weighted by atomic mass is 9.72. The number of hydrogen-bond acceptors (Lipinski definition) is 2. The average molecular weight is 865 g/mol. The van der Waals surface area contributed by atoms with E-state index in [0.29, 0.717) is 5.92 Å². The van der Waals surface area contributed by atoms with Crippen molar-refractivity contribution in [3.8, 4) is 16.8 Å². The molecule has 4 unspecified atom stereocenters. The molecule has 324 valence electrons. The first-order valence-corrected chi connectivity index (χ1v) is 24.4. The minimum atomic E-state index is -0.00971. The highest BCUT2D eigenvalue weighted by molar-refractivity contribution is 6.22. The van der Waals surface area contributed by atoms with E-state index in [-0.39, 0.29) is 17.9 Å². The van der Waals surface area contributed by atoms with Gasteiger partial charge >= 0.3 is 0 Å². The van der Waals surface area contributed by atoms with Crippen molar-refractivity contribution in [3.05, 3.63) is 216 Å². The van der Waals surface area contributed by atoms with E-state index >= 15 is 0 Å². The Morgan fingerprint density at radius 3 is 2.19 bits per heavy atom. The quantitative estimate of drug-likeness (QED) is 0.164. The van der Waals surface area contributed by atoms with E-state index in [1.54, 1.807) is 0 Å². The van der Waals surface area contributed by atoms with Crippen LogP contribution in [0.5, 0.6) is 0 Å². The van der Waals surface area contributed by atoms with Gasteiger partial charge in [0.25, 0.3) is 0 Å². The van der Waals surface area contributed by atoms with Crippen molar-refractivity contribution in [3.63, 3.8) is 0 Å². The van der Waals surface area contributed by atoms with Gasteiger partial charge in [0.2, 0.25) is 0 Å². The fourth-order valence-corrected chi connectivity index (χ4v) is 12.1. The van der Waals surface area contributed by atoms with Crippen molar-refractivity contribution in [2.75, 3.05) is 0 Å². The second kappa shape index (κ2) is 16.1. The first-order valence-electron chi connectivity index (χ1n) is 24.4. The van der Waals surface area contributed by atoms with Gasteiger partial charge in [-0.25, -0.2) is 0 Å². The minimum Gasteiger partial charge on any atom is -0.454 e. The number of aliphatic imine (C=N–C) groups is 1. The molecule has 1 aliphatic carbocycles. The third kappa shape index (κ3) is 6.58. The summed E-state index contributed by atoms with van der Waals surface area (Å²) >= 11 is 0. The summed E-state index contributed by atoms with van der Waals surface area (Å²) in [5.41, 5.74) is 15.5. The molecule has 67 heavy (non-hydrogen) atoms. The summed E-state index contributed by atoms with van der Waals surface area (Å²) in [6, 6.07) is 67.6. The lowest BCUT2D eigenvalue weighted by Crippen LogP contribution is -2.28. The van der Waals surface area contributed by atoms with Crippen LogP contribution in [0.15, 0.2) is 197 Å². The lowest BCUT2D eigenvalue weighted by Gasteiger charge is -2.35. The minimum absolute atomic E-state index is 0.00971. The summed E-state index contributed by atoms with van der Waals surface area (Å²) in [6.07, 6.45) is 9.95. The second-order valence-corrected chi connectivity index (χ2v) is 19.2. The molecule has 0 saturated heterocycles. The zero-order chi connectivity index (χ0) is 44.6. The average Bonchev–Trinajstić information content (AvgIpc) is 3.93. The Balaban J connectivity index is 1.04. The number of aromatic nitrogens is 1. The molecule has 0 fully saturated rings. The van der Waals surface area contributed by atoms with Gasteiger partial charge in [-0.2, -0.15) is 0 Å². The molecule has 0 saturated carbocycles. The Hall–Kier alpha value is -7.49. The fraction of sp³-hybridized carbons (Fsp3) is 0.172. The van der Waals surface area contributed by atoms with Crippen LogP contribution in [-0.2, 0) is 6.42 Å². The number of nitrogens with zero attached hydrogens (tertiary/aromatic N) is 2. The number of allylic oxidation sites excluding steroid dienone is 1. The Morgan fingerprint density at radius 2 is 1.34 bits per heavy atom. The molecule has 0 N–H and O–H groups in total. The molecule has 0 amide bonds. The normalized spacial score (nSPS) is 19.5. The molecular weight excluding hydrogens is 813 g/mol. The molecule has 0 bridgehead atoms. The molecule has 0 spiro atoms. The van der Waals surface area contributed by atoms with E-state index in [1.807, 2.05) is 0 Å². The van der Waals surface area contributed by atoms with Crippen LogP contribution in [0.4, 0.5) is 0 Å². The van der Waals surface area contributed by atoms with Crippen molar-refractivity contribution in [2.45, 2.75) is 57.9 Å². The Morgan fingerprint density at radius 1 is 0.597 bits per heavy atom. The van der Waals surface area contributed by atoms with Gasteiger partial charge in [-0.15, -0.1) is 0 Å². The number of benzene rings is 9. The first kappa shape index (κ1) is 39.8.